The number of hydrogen-bond donors (Lipinski definition) is 3. The molecule has 3 aromatic rings. The third-order valence-electron chi connectivity index (χ3n) is 4.99. The fourth-order valence-corrected chi connectivity index (χ4v) is 3.68. The Kier molecular flexibility index (Phi) is 9.46. The zero-order valence-corrected chi connectivity index (χ0v) is 22.3. The highest BCUT2D eigenvalue weighted by atomic mass is 79.9. The molecular weight excluding hydrogens is 571 g/mol. The Morgan fingerprint density at radius 2 is 1.69 bits per heavy atom. The summed E-state index contributed by atoms with van der Waals surface area (Å²) < 4.78 is 6.38. The Balaban J connectivity index is 1.60. The molecule has 0 bridgehead atoms. The zero-order chi connectivity index (χ0) is 26.2. The molecule has 11 heteroatoms. The lowest BCUT2D eigenvalue weighted by atomic mass is 10.1. The molecule has 0 atom stereocenters. The molecule has 3 N–H and O–H groups in total. The molecule has 0 aliphatic heterocycles. The second kappa shape index (κ2) is 12.5. The van der Waals surface area contributed by atoms with Crippen molar-refractivity contribution in [2.75, 3.05) is 17.2 Å². The highest BCUT2D eigenvalue weighted by Crippen LogP contribution is 2.29. The van der Waals surface area contributed by atoms with Crippen molar-refractivity contribution >= 4 is 74.4 Å². The standard InChI is InChI=1S/C25H21BrCl2N4O4/c1-14-5-3-7-19(15(14)2)30-22(33)13-36-21-10-9-17(26)11-16(21)12-29-32-25(35)24(34)31-20-8-4-6-18(27)23(20)28/h3-12H,13H2,1-2H3,(H,30,33)(H,31,34)(H,32,35)/b29-12-. The summed E-state index contributed by atoms with van der Waals surface area (Å²) in [7, 11) is 0. The van der Waals surface area contributed by atoms with Gasteiger partial charge in [-0.15, -0.1) is 0 Å². The van der Waals surface area contributed by atoms with Crippen molar-refractivity contribution in [1.29, 1.82) is 0 Å². The van der Waals surface area contributed by atoms with Gasteiger partial charge in [-0.2, -0.15) is 5.10 Å². The number of benzene rings is 3. The quantitative estimate of drug-likeness (QED) is 0.192. The van der Waals surface area contributed by atoms with Crippen LogP contribution in [-0.2, 0) is 14.4 Å². The molecule has 3 amide bonds. The number of ether oxygens (including phenoxy) is 1. The molecule has 3 aromatic carbocycles. The van der Waals surface area contributed by atoms with Crippen LogP contribution >= 0.6 is 39.1 Å². The van der Waals surface area contributed by atoms with Crippen molar-refractivity contribution < 1.29 is 19.1 Å². The molecule has 0 aromatic heterocycles. The number of hydrogen-bond acceptors (Lipinski definition) is 5. The van der Waals surface area contributed by atoms with Crippen molar-refractivity contribution in [3.63, 3.8) is 0 Å². The first-order valence-electron chi connectivity index (χ1n) is 10.5. The first-order valence-corrected chi connectivity index (χ1v) is 12.1. The molecule has 0 fully saturated rings. The number of nitrogens with zero attached hydrogens (tertiary/aromatic N) is 1. The van der Waals surface area contributed by atoms with Gasteiger partial charge in [0.2, 0.25) is 0 Å². The van der Waals surface area contributed by atoms with Gasteiger partial charge in [-0.1, -0.05) is 57.3 Å². The number of rotatable bonds is 7. The number of carbonyl (C=O) groups excluding carboxylic acids is 3. The number of aryl methyl sites for hydroxylation is 1. The summed E-state index contributed by atoms with van der Waals surface area (Å²) in [6, 6.07) is 15.3. The number of amides is 3. The molecule has 8 nitrogen and oxygen atoms in total. The molecule has 36 heavy (non-hydrogen) atoms. The highest BCUT2D eigenvalue weighted by molar-refractivity contribution is 9.10. The summed E-state index contributed by atoms with van der Waals surface area (Å²) in [6.45, 7) is 3.64. The second-order valence-electron chi connectivity index (χ2n) is 7.52. The minimum absolute atomic E-state index is 0.112. The smallest absolute Gasteiger partial charge is 0.329 e. The molecule has 0 heterocycles. The molecule has 0 saturated heterocycles. The molecular formula is C25H21BrCl2N4O4. The second-order valence-corrected chi connectivity index (χ2v) is 9.22. The first-order chi connectivity index (χ1) is 17.2. The first kappa shape index (κ1) is 27.2. The lowest BCUT2D eigenvalue weighted by molar-refractivity contribution is -0.136. The van der Waals surface area contributed by atoms with E-state index in [2.05, 4.69) is 37.1 Å². The third kappa shape index (κ3) is 7.30. The van der Waals surface area contributed by atoms with Crippen molar-refractivity contribution in [2.45, 2.75) is 13.8 Å². The number of nitrogens with one attached hydrogen (secondary N) is 3. The minimum atomic E-state index is -1.02. The van der Waals surface area contributed by atoms with Crippen LogP contribution in [0.3, 0.4) is 0 Å². The van der Waals surface area contributed by atoms with Crippen molar-refractivity contribution in [3.05, 3.63) is 85.8 Å². The van der Waals surface area contributed by atoms with Crippen LogP contribution in [-0.4, -0.2) is 30.5 Å². The summed E-state index contributed by atoms with van der Waals surface area (Å²) in [5.41, 5.74) is 5.53. The average Bonchev–Trinajstić information content (AvgIpc) is 2.84. The Morgan fingerprint density at radius 3 is 2.47 bits per heavy atom. The van der Waals surface area contributed by atoms with Crippen LogP contribution < -0.4 is 20.8 Å². The number of hydrazone groups is 1. The van der Waals surface area contributed by atoms with Gasteiger partial charge in [0.1, 0.15) is 5.75 Å². The maximum Gasteiger partial charge on any atom is 0.329 e. The van der Waals surface area contributed by atoms with Crippen LogP contribution in [0.5, 0.6) is 5.75 Å². The summed E-state index contributed by atoms with van der Waals surface area (Å²) >= 11 is 15.3. The van der Waals surface area contributed by atoms with Crippen LogP contribution in [0.15, 0.2) is 64.2 Å². The van der Waals surface area contributed by atoms with Gasteiger partial charge in [0, 0.05) is 15.7 Å². The third-order valence-corrected chi connectivity index (χ3v) is 6.30. The zero-order valence-electron chi connectivity index (χ0n) is 19.2. The van der Waals surface area contributed by atoms with Gasteiger partial charge in [-0.05, 0) is 61.4 Å². The van der Waals surface area contributed by atoms with Gasteiger partial charge in [0.15, 0.2) is 6.61 Å². The molecule has 0 radical (unpaired) electrons. The van der Waals surface area contributed by atoms with E-state index in [0.29, 0.717) is 17.0 Å². The summed E-state index contributed by atoms with van der Waals surface area (Å²) in [6.07, 6.45) is 1.29. The maximum atomic E-state index is 12.4. The van der Waals surface area contributed by atoms with E-state index in [1.807, 2.05) is 32.0 Å². The van der Waals surface area contributed by atoms with E-state index in [9.17, 15) is 14.4 Å². The lowest BCUT2D eigenvalue weighted by Gasteiger charge is -2.12. The van der Waals surface area contributed by atoms with Gasteiger partial charge < -0.3 is 15.4 Å². The van der Waals surface area contributed by atoms with E-state index in [1.165, 1.54) is 12.3 Å². The van der Waals surface area contributed by atoms with Crippen LogP contribution in [0.1, 0.15) is 16.7 Å². The molecule has 0 aliphatic rings. The van der Waals surface area contributed by atoms with E-state index in [0.717, 1.165) is 15.6 Å². The maximum absolute atomic E-state index is 12.4. The number of halogens is 3. The fraction of sp³-hybridized carbons (Fsp3) is 0.120. The van der Waals surface area contributed by atoms with E-state index in [-0.39, 0.29) is 28.2 Å². The van der Waals surface area contributed by atoms with Crippen LogP contribution in [0.4, 0.5) is 11.4 Å². The lowest BCUT2D eigenvalue weighted by Crippen LogP contribution is -2.32. The largest absolute Gasteiger partial charge is 0.483 e. The summed E-state index contributed by atoms with van der Waals surface area (Å²) in [5, 5.41) is 9.35. The topological polar surface area (TPSA) is 109 Å². The Labute approximate surface area is 226 Å². The van der Waals surface area contributed by atoms with E-state index < -0.39 is 11.8 Å². The minimum Gasteiger partial charge on any atom is -0.483 e. The van der Waals surface area contributed by atoms with E-state index in [1.54, 1.807) is 30.3 Å². The molecule has 186 valence electrons. The fourth-order valence-electron chi connectivity index (χ4n) is 2.96. The molecule has 0 aliphatic carbocycles. The predicted octanol–water partition coefficient (Wildman–Crippen LogP) is 5.48. The van der Waals surface area contributed by atoms with Gasteiger partial charge in [-0.3, -0.25) is 14.4 Å². The Bertz CT molecular complexity index is 1350. The normalized spacial score (nSPS) is 10.7. The van der Waals surface area contributed by atoms with Crippen molar-refractivity contribution in [1.82, 2.24) is 5.43 Å². The van der Waals surface area contributed by atoms with Crippen LogP contribution in [0, 0.1) is 13.8 Å². The van der Waals surface area contributed by atoms with Gasteiger partial charge in [0.25, 0.3) is 5.91 Å². The molecule has 3 rings (SSSR count). The highest BCUT2D eigenvalue weighted by Gasteiger charge is 2.16. The van der Waals surface area contributed by atoms with Crippen molar-refractivity contribution in [3.8, 4) is 5.75 Å². The Morgan fingerprint density at radius 1 is 0.972 bits per heavy atom. The van der Waals surface area contributed by atoms with E-state index in [4.69, 9.17) is 27.9 Å². The van der Waals surface area contributed by atoms with Crippen LogP contribution in [0.25, 0.3) is 0 Å². The van der Waals surface area contributed by atoms with Gasteiger partial charge in [0.05, 0.1) is 21.9 Å². The van der Waals surface area contributed by atoms with Gasteiger partial charge in [-0.25, -0.2) is 5.43 Å². The van der Waals surface area contributed by atoms with Crippen molar-refractivity contribution in [2.24, 2.45) is 5.10 Å². The molecule has 0 saturated carbocycles. The molecule has 0 spiro atoms. The number of anilines is 2. The van der Waals surface area contributed by atoms with Crippen LogP contribution in [0.2, 0.25) is 10.0 Å². The Hall–Kier alpha value is -3.40. The van der Waals surface area contributed by atoms with E-state index >= 15 is 0 Å². The monoisotopic (exact) mass is 590 g/mol. The molecule has 0 unspecified atom stereocenters. The number of carbonyl (C=O) groups is 3. The SMILES string of the molecule is Cc1cccc(NC(=O)COc2ccc(Br)cc2/C=N\NC(=O)C(=O)Nc2cccc(Cl)c2Cl)c1C. The average molecular weight is 592 g/mol. The predicted molar refractivity (Wildman–Crippen MR) is 145 cm³/mol. The summed E-state index contributed by atoms with van der Waals surface area (Å²) in [4.78, 5) is 36.7. The van der Waals surface area contributed by atoms with Gasteiger partial charge >= 0.3 is 11.8 Å². The summed E-state index contributed by atoms with van der Waals surface area (Å²) in [5.74, 6) is -1.99.